The first-order chi connectivity index (χ1) is 1.41. The summed E-state index contributed by atoms with van der Waals surface area (Å²) in [7, 11) is 3.75. The summed E-state index contributed by atoms with van der Waals surface area (Å²) in [5.74, 6) is 0. The smallest absolute Gasteiger partial charge is 0 e. The molecule has 0 saturated heterocycles. The fourth-order valence-electron chi connectivity index (χ4n) is 0. The molecule has 0 fully saturated rings. The van der Waals surface area contributed by atoms with Gasteiger partial charge < -0.3 is 5.32 Å². The van der Waals surface area contributed by atoms with Crippen molar-refractivity contribution in [1.82, 2.24) is 5.32 Å². The summed E-state index contributed by atoms with van der Waals surface area (Å²) < 4.78 is 0. The van der Waals surface area contributed by atoms with Gasteiger partial charge in [0.1, 0.15) is 0 Å². The zero-order valence-electron chi connectivity index (χ0n) is 3.00. The molecule has 0 bridgehead atoms. The molecule has 4 heavy (non-hydrogen) atoms. The van der Waals surface area contributed by atoms with Crippen LogP contribution in [0, 0.1) is 0 Å². The van der Waals surface area contributed by atoms with Crippen molar-refractivity contribution in [3.8, 4) is 0 Å². The molecular formula is C2H7NSi. The summed E-state index contributed by atoms with van der Waals surface area (Å²) in [4.78, 5) is 0. The highest BCUT2D eigenvalue weighted by molar-refractivity contribution is 5.75. The molecule has 0 aromatic heterocycles. The molecule has 0 aliphatic rings. The Bertz CT molecular complexity index is 6.00. The van der Waals surface area contributed by atoms with E-state index in [0.29, 0.717) is 0 Å². The quantitative estimate of drug-likeness (QED) is 0.380. The lowest BCUT2D eigenvalue weighted by Crippen LogP contribution is -1.89. The fourth-order valence-corrected chi connectivity index (χ4v) is 0. The van der Waals surface area contributed by atoms with Crippen molar-refractivity contribution in [1.29, 1.82) is 0 Å². The summed E-state index contributed by atoms with van der Waals surface area (Å²) in [6.45, 7) is 0. The Kier molecular flexibility index (Phi) is 24.2. The monoisotopic (exact) mass is 73.0 g/mol. The van der Waals surface area contributed by atoms with E-state index >= 15 is 0 Å². The van der Waals surface area contributed by atoms with Gasteiger partial charge in [-0.1, -0.05) is 0 Å². The van der Waals surface area contributed by atoms with Crippen molar-refractivity contribution >= 4 is 11.0 Å². The molecule has 0 heterocycles. The topological polar surface area (TPSA) is 12.0 Å². The SMILES string of the molecule is CNC.[Si]. The molecule has 1 N–H and O–H groups in total. The lowest BCUT2D eigenvalue weighted by Gasteiger charge is -1.59. The molecule has 0 aromatic rings. The molecule has 0 atom stereocenters. The number of rotatable bonds is 0. The fraction of sp³-hybridized carbons (Fsp3) is 1.00. The van der Waals surface area contributed by atoms with Crippen LogP contribution in [0.2, 0.25) is 0 Å². The minimum Gasteiger partial charge on any atom is -0.323 e. The molecule has 0 spiro atoms. The second-order valence-corrected chi connectivity index (χ2v) is 0.500. The summed E-state index contributed by atoms with van der Waals surface area (Å²) >= 11 is 0. The van der Waals surface area contributed by atoms with Crippen LogP contribution in [0.1, 0.15) is 0 Å². The van der Waals surface area contributed by atoms with Crippen LogP contribution in [0.4, 0.5) is 0 Å². The average molecular weight is 73.2 g/mol. The van der Waals surface area contributed by atoms with Crippen LogP contribution in [0.25, 0.3) is 0 Å². The van der Waals surface area contributed by atoms with Crippen molar-refractivity contribution < 1.29 is 0 Å². The Hall–Kier alpha value is 0.177. The Morgan fingerprint density at radius 1 is 1.25 bits per heavy atom. The van der Waals surface area contributed by atoms with Crippen LogP contribution in [0.3, 0.4) is 0 Å². The predicted molar refractivity (Wildman–Crippen MR) is 20.7 cm³/mol. The molecule has 0 rings (SSSR count). The van der Waals surface area contributed by atoms with Crippen LogP contribution in [0.15, 0.2) is 0 Å². The van der Waals surface area contributed by atoms with Gasteiger partial charge in [-0.15, -0.1) is 0 Å². The van der Waals surface area contributed by atoms with Crippen molar-refractivity contribution in [2.24, 2.45) is 0 Å². The number of hydrogen-bond acceptors (Lipinski definition) is 1. The second kappa shape index (κ2) is 10.9. The third-order valence-corrected chi connectivity index (χ3v) is 0. The van der Waals surface area contributed by atoms with E-state index in [-0.39, 0.29) is 11.0 Å². The van der Waals surface area contributed by atoms with Gasteiger partial charge >= 0.3 is 0 Å². The maximum Gasteiger partial charge on any atom is 0 e. The van der Waals surface area contributed by atoms with E-state index in [2.05, 4.69) is 5.32 Å². The first-order valence-corrected chi connectivity index (χ1v) is 1.00. The van der Waals surface area contributed by atoms with Gasteiger partial charge in [0.25, 0.3) is 0 Å². The molecule has 0 aliphatic heterocycles. The normalized spacial score (nSPS) is 4.50. The highest BCUT2D eigenvalue weighted by Crippen LogP contribution is 0.981. The highest BCUT2D eigenvalue weighted by atomic mass is 28.1. The van der Waals surface area contributed by atoms with Gasteiger partial charge in [-0.25, -0.2) is 0 Å². The molecule has 0 aliphatic carbocycles. The van der Waals surface area contributed by atoms with Crippen LogP contribution >= 0.6 is 0 Å². The first kappa shape index (κ1) is 8.90. The van der Waals surface area contributed by atoms with Gasteiger partial charge in [0, 0.05) is 11.0 Å². The number of nitrogens with one attached hydrogen (secondary N) is 1. The van der Waals surface area contributed by atoms with Gasteiger partial charge in [0.2, 0.25) is 0 Å². The minimum absolute atomic E-state index is 0. The standard InChI is InChI=1S/C2H7N.Si/c1-3-2;/h3H,1-2H3;. The van der Waals surface area contributed by atoms with Crippen LogP contribution in [0.5, 0.6) is 0 Å². The largest absolute Gasteiger partial charge is 0.323 e. The molecule has 24 valence electrons. The Labute approximate surface area is 31.4 Å². The van der Waals surface area contributed by atoms with Gasteiger partial charge in [-0.05, 0) is 14.1 Å². The molecular weight excluding hydrogens is 66.1 g/mol. The van der Waals surface area contributed by atoms with E-state index in [1.807, 2.05) is 14.1 Å². The summed E-state index contributed by atoms with van der Waals surface area (Å²) in [6.07, 6.45) is 0. The zero-order chi connectivity index (χ0) is 2.71. The first-order valence-electron chi connectivity index (χ1n) is 1.00. The van der Waals surface area contributed by atoms with Gasteiger partial charge in [0.05, 0.1) is 0 Å². The zero-order valence-corrected chi connectivity index (χ0v) is 4.00. The molecule has 2 heteroatoms. The van der Waals surface area contributed by atoms with Gasteiger partial charge in [0.15, 0.2) is 0 Å². The molecule has 0 amide bonds. The van der Waals surface area contributed by atoms with Crippen molar-refractivity contribution in [3.63, 3.8) is 0 Å². The van der Waals surface area contributed by atoms with E-state index in [1.165, 1.54) is 0 Å². The van der Waals surface area contributed by atoms with Crippen molar-refractivity contribution in [3.05, 3.63) is 0 Å². The Morgan fingerprint density at radius 2 is 1.25 bits per heavy atom. The summed E-state index contributed by atoms with van der Waals surface area (Å²) in [6, 6.07) is 0. The van der Waals surface area contributed by atoms with Gasteiger partial charge in [-0.2, -0.15) is 0 Å². The minimum atomic E-state index is 0. The molecule has 1 nitrogen and oxygen atoms in total. The van der Waals surface area contributed by atoms with E-state index in [4.69, 9.17) is 0 Å². The predicted octanol–water partition coefficient (Wildman–Crippen LogP) is -0.545. The van der Waals surface area contributed by atoms with E-state index in [1.54, 1.807) is 0 Å². The molecule has 0 aromatic carbocycles. The van der Waals surface area contributed by atoms with E-state index in [0.717, 1.165) is 0 Å². The summed E-state index contributed by atoms with van der Waals surface area (Å²) in [5.41, 5.74) is 0. The van der Waals surface area contributed by atoms with E-state index < -0.39 is 0 Å². The number of hydrogen-bond donors (Lipinski definition) is 1. The molecule has 0 unspecified atom stereocenters. The third-order valence-electron chi connectivity index (χ3n) is 0. The van der Waals surface area contributed by atoms with Crippen LogP contribution < -0.4 is 5.32 Å². The average Bonchev–Trinajstić information content (AvgIpc) is 0.918. The molecule has 4 radical (unpaired) electrons. The Balaban J connectivity index is 0. The second-order valence-electron chi connectivity index (χ2n) is 0.500. The highest BCUT2D eigenvalue weighted by Gasteiger charge is 1.25. The molecule has 0 saturated carbocycles. The Morgan fingerprint density at radius 3 is 1.25 bits per heavy atom. The van der Waals surface area contributed by atoms with Crippen molar-refractivity contribution in [2.75, 3.05) is 14.1 Å². The lowest BCUT2D eigenvalue weighted by molar-refractivity contribution is 1.02. The lowest BCUT2D eigenvalue weighted by atomic mass is 11.3. The van der Waals surface area contributed by atoms with Crippen LogP contribution in [-0.2, 0) is 0 Å². The maximum atomic E-state index is 2.75. The van der Waals surface area contributed by atoms with Gasteiger partial charge in [-0.3, -0.25) is 0 Å². The van der Waals surface area contributed by atoms with E-state index in [9.17, 15) is 0 Å². The third kappa shape index (κ3) is 96.4. The van der Waals surface area contributed by atoms with Crippen molar-refractivity contribution in [2.45, 2.75) is 0 Å². The van der Waals surface area contributed by atoms with Crippen LogP contribution in [-0.4, -0.2) is 25.1 Å². The maximum absolute atomic E-state index is 2.75. The summed E-state index contributed by atoms with van der Waals surface area (Å²) in [5, 5.41) is 2.75.